The summed E-state index contributed by atoms with van der Waals surface area (Å²) in [5.74, 6) is 0. The van der Waals surface area contributed by atoms with Crippen LogP contribution in [-0.2, 0) is 6.42 Å². The largest absolute Gasteiger partial charge is 0.329 e. The fraction of sp³-hybridized carbons (Fsp3) is 0.429. The molecule has 88 valence electrons. The SMILES string of the molecule is C=CCCNC(CN)c1ccccc1CC. The first-order chi connectivity index (χ1) is 7.83. The minimum absolute atomic E-state index is 0.260. The summed E-state index contributed by atoms with van der Waals surface area (Å²) in [6, 6.07) is 8.76. The van der Waals surface area contributed by atoms with Crippen molar-refractivity contribution in [1.82, 2.24) is 5.32 Å². The Morgan fingerprint density at radius 2 is 2.19 bits per heavy atom. The second kappa shape index (κ2) is 7.20. The molecule has 0 bridgehead atoms. The molecule has 2 heteroatoms. The summed E-state index contributed by atoms with van der Waals surface area (Å²) in [6.45, 7) is 7.46. The lowest BCUT2D eigenvalue weighted by molar-refractivity contribution is 0.545. The number of nitrogens with one attached hydrogen (secondary N) is 1. The number of aryl methyl sites for hydroxylation is 1. The van der Waals surface area contributed by atoms with Crippen molar-refractivity contribution in [3.05, 3.63) is 48.0 Å². The zero-order chi connectivity index (χ0) is 11.8. The monoisotopic (exact) mass is 218 g/mol. The molecule has 0 aliphatic rings. The molecule has 16 heavy (non-hydrogen) atoms. The molecule has 0 aliphatic carbocycles. The van der Waals surface area contributed by atoms with E-state index in [2.05, 4.69) is 43.1 Å². The molecule has 0 heterocycles. The van der Waals surface area contributed by atoms with E-state index in [1.54, 1.807) is 0 Å². The number of benzene rings is 1. The molecule has 0 aromatic heterocycles. The maximum Gasteiger partial charge on any atom is 0.0447 e. The molecule has 0 aliphatic heterocycles. The molecule has 0 spiro atoms. The highest BCUT2D eigenvalue weighted by atomic mass is 14.9. The van der Waals surface area contributed by atoms with Gasteiger partial charge in [0.05, 0.1) is 0 Å². The Bertz CT molecular complexity index is 320. The number of hydrogen-bond acceptors (Lipinski definition) is 2. The van der Waals surface area contributed by atoms with Crippen LogP contribution in [0.4, 0.5) is 0 Å². The van der Waals surface area contributed by atoms with Crippen LogP contribution in [-0.4, -0.2) is 13.1 Å². The lowest BCUT2D eigenvalue weighted by Gasteiger charge is -2.19. The Labute approximate surface area is 98.6 Å². The second-order valence-corrected chi connectivity index (χ2v) is 3.87. The summed E-state index contributed by atoms with van der Waals surface area (Å²) in [4.78, 5) is 0. The molecule has 1 atom stereocenters. The molecule has 1 rings (SSSR count). The minimum atomic E-state index is 0.260. The van der Waals surface area contributed by atoms with E-state index >= 15 is 0 Å². The van der Waals surface area contributed by atoms with Gasteiger partial charge in [0.2, 0.25) is 0 Å². The van der Waals surface area contributed by atoms with E-state index in [1.165, 1.54) is 11.1 Å². The van der Waals surface area contributed by atoms with Gasteiger partial charge in [0.1, 0.15) is 0 Å². The second-order valence-electron chi connectivity index (χ2n) is 3.87. The highest BCUT2D eigenvalue weighted by Crippen LogP contribution is 2.17. The topological polar surface area (TPSA) is 38.0 Å². The van der Waals surface area contributed by atoms with Crippen molar-refractivity contribution < 1.29 is 0 Å². The first-order valence-corrected chi connectivity index (χ1v) is 5.95. The van der Waals surface area contributed by atoms with Crippen molar-refractivity contribution in [2.75, 3.05) is 13.1 Å². The summed E-state index contributed by atoms with van der Waals surface area (Å²) in [5.41, 5.74) is 8.53. The average Bonchev–Trinajstić information content (AvgIpc) is 2.35. The fourth-order valence-electron chi connectivity index (χ4n) is 1.88. The first kappa shape index (κ1) is 12.9. The molecule has 0 radical (unpaired) electrons. The van der Waals surface area contributed by atoms with Gasteiger partial charge in [-0.3, -0.25) is 0 Å². The van der Waals surface area contributed by atoms with Gasteiger partial charge in [-0.15, -0.1) is 6.58 Å². The van der Waals surface area contributed by atoms with Gasteiger partial charge in [0, 0.05) is 12.6 Å². The van der Waals surface area contributed by atoms with Crippen LogP contribution in [0.5, 0.6) is 0 Å². The molecular weight excluding hydrogens is 196 g/mol. The minimum Gasteiger partial charge on any atom is -0.329 e. The van der Waals surface area contributed by atoms with E-state index in [1.807, 2.05) is 6.08 Å². The zero-order valence-electron chi connectivity index (χ0n) is 10.1. The summed E-state index contributed by atoms with van der Waals surface area (Å²) in [6.07, 6.45) is 3.95. The van der Waals surface area contributed by atoms with Crippen LogP contribution in [0.25, 0.3) is 0 Å². The van der Waals surface area contributed by atoms with Gasteiger partial charge in [-0.1, -0.05) is 37.3 Å². The Balaban J connectivity index is 2.73. The zero-order valence-corrected chi connectivity index (χ0v) is 10.1. The van der Waals surface area contributed by atoms with Crippen LogP contribution in [0.2, 0.25) is 0 Å². The molecule has 3 N–H and O–H groups in total. The highest BCUT2D eigenvalue weighted by Gasteiger charge is 2.11. The van der Waals surface area contributed by atoms with Gasteiger partial charge in [0.15, 0.2) is 0 Å². The molecule has 0 saturated heterocycles. The standard InChI is InChI=1S/C14H22N2/c1-3-5-10-16-14(11-15)13-9-7-6-8-12(13)4-2/h3,6-9,14,16H,1,4-5,10-11,15H2,2H3. The van der Waals surface area contributed by atoms with Crippen LogP contribution in [0.3, 0.4) is 0 Å². The predicted molar refractivity (Wildman–Crippen MR) is 70.4 cm³/mol. The van der Waals surface area contributed by atoms with Crippen molar-refractivity contribution >= 4 is 0 Å². The quantitative estimate of drug-likeness (QED) is 0.545. The van der Waals surface area contributed by atoms with E-state index < -0.39 is 0 Å². The van der Waals surface area contributed by atoms with Crippen LogP contribution in [0.1, 0.15) is 30.5 Å². The summed E-state index contributed by atoms with van der Waals surface area (Å²) in [7, 11) is 0. The third kappa shape index (κ3) is 3.47. The van der Waals surface area contributed by atoms with Crippen molar-refractivity contribution in [2.24, 2.45) is 5.73 Å². The van der Waals surface area contributed by atoms with E-state index in [0.717, 1.165) is 19.4 Å². The molecule has 0 saturated carbocycles. The third-order valence-electron chi connectivity index (χ3n) is 2.79. The summed E-state index contributed by atoms with van der Waals surface area (Å²) >= 11 is 0. The van der Waals surface area contributed by atoms with E-state index in [0.29, 0.717) is 6.54 Å². The predicted octanol–water partition coefficient (Wildman–Crippen LogP) is 2.41. The van der Waals surface area contributed by atoms with Gasteiger partial charge >= 0.3 is 0 Å². The van der Waals surface area contributed by atoms with Crippen LogP contribution in [0.15, 0.2) is 36.9 Å². The molecule has 1 aromatic rings. The van der Waals surface area contributed by atoms with E-state index in [9.17, 15) is 0 Å². The molecule has 0 fully saturated rings. The Morgan fingerprint density at radius 3 is 2.81 bits per heavy atom. The Kier molecular flexibility index (Phi) is 5.83. The smallest absolute Gasteiger partial charge is 0.0447 e. The van der Waals surface area contributed by atoms with Gasteiger partial charge in [-0.25, -0.2) is 0 Å². The number of rotatable bonds is 7. The number of hydrogen-bond donors (Lipinski definition) is 2. The summed E-state index contributed by atoms with van der Waals surface area (Å²) < 4.78 is 0. The lowest BCUT2D eigenvalue weighted by Crippen LogP contribution is -2.29. The lowest BCUT2D eigenvalue weighted by atomic mass is 9.98. The Hall–Kier alpha value is -1.12. The van der Waals surface area contributed by atoms with E-state index in [4.69, 9.17) is 5.73 Å². The van der Waals surface area contributed by atoms with Crippen molar-refractivity contribution in [3.63, 3.8) is 0 Å². The molecule has 1 aromatic carbocycles. The molecule has 0 amide bonds. The first-order valence-electron chi connectivity index (χ1n) is 5.95. The van der Waals surface area contributed by atoms with Gasteiger partial charge in [0.25, 0.3) is 0 Å². The third-order valence-corrected chi connectivity index (χ3v) is 2.79. The number of nitrogens with two attached hydrogens (primary N) is 1. The van der Waals surface area contributed by atoms with Gasteiger partial charge in [-0.2, -0.15) is 0 Å². The van der Waals surface area contributed by atoms with Crippen LogP contribution >= 0.6 is 0 Å². The Morgan fingerprint density at radius 1 is 1.44 bits per heavy atom. The fourth-order valence-corrected chi connectivity index (χ4v) is 1.88. The summed E-state index contributed by atoms with van der Waals surface area (Å²) in [5, 5.41) is 3.47. The van der Waals surface area contributed by atoms with Gasteiger partial charge in [-0.05, 0) is 30.5 Å². The average molecular weight is 218 g/mol. The van der Waals surface area contributed by atoms with E-state index in [-0.39, 0.29) is 6.04 Å². The van der Waals surface area contributed by atoms with Gasteiger partial charge < -0.3 is 11.1 Å². The molecule has 1 unspecified atom stereocenters. The van der Waals surface area contributed by atoms with Crippen LogP contribution < -0.4 is 11.1 Å². The van der Waals surface area contributed by atoms with Crippen LogP contribution in [0, 0.1) is 0 Å². The maximum atomic E-state index is 5.82. The van der Waals surface area contributed by atoms with Crippen molar-refractivity contribution in [1.29, 1.82) is 0 Å². The normalized spacial score (nSPS) is 12.4. The highest BCUT2D eigenvalue weighted by molar-refractivity contribution is 5.30. The molecular formula is C14H22N2. The van der Waals surface area contributed by atoms with Crippen molar-refractivity contribution in [2.45, 2.75) is 25.8 Å². The van der Waals surface area contributed by atoms with Crippen molar-refractivity contribution in [3.8, 4) is 0 Å². The maximum absolute atomic E-state index is 5.82. The molecule has 2 nitrogen and oxygen atoms in total.